The molecule has 1 atom stereocenters. The van der Waals surface area contributed by atoms with Crippen molar-refractivity contribution in [1.82, 2.24) is 19.8 Å². The summed E-state index contributed by atoms with van der Waals surface area (Å²) in [5.74, 6) is -1.50. The number of nitrogens with zero attached hydrogens (tertiary/aromatic N) is 4. The van der Waals surface area contributed by atoms with Gasteiger partial charge in [-0.2, -0.15) is 9.49 Å². The Balaban J connectivity index is 1.58. The van der Waals surface area contributed by atoms with E-state index in [1.165, 1.54) is 13.0 Å². The van der Waals surface area contributed by atoms with E-state index in [0.29, 0.717) is 23.4 Å². The Morgan fingerprint density at radius 1 is 1.13 bits per heavy atom. The monoisotopic (exact) mass is 550 g/mol. The summed E-state index contributed by atoms with van der Waals surface area (Å²) in [5, 5.41) is 7.85. The molecule has 12 heteroatoms. The minimum Gasteiger partial charge on any atom is -0.377 e. The lowest BCUT2D eigenvalue weighted by atomic mass is 9.94. The lowest BCUT2D eigenvalue weighted by Crippen LogP contribution is -2.18. The van der Waals surface area contributed by atoms with Gasteiger partial charge >= 0.3 is 0 Å². The van der Waals surface area contributed by atoms with Crippen LogP contribution in [0.2, 0.25) is 0 Å². The normalized spacial score (nSPS) is 12.6. The number of anilines is 1. The third-order valence-electron chi connectivity index (χ3n) is 6.27. The third kappa shape index (κ3) is 5.13. The number of hydrogen-bond donors (Lipinski definition) is 2. The van der Waals surface area contributed by atoms with Crippen LogP contribution < -0.4 is 10.5 Å². The molecule has 0 fully saturated rings. The van der Waals surface area contributed by atoms with Gasteiger partial charge in [-0.25, -0.2) is 17.9 Å². The first-order valence-corrected chi connectivity index (χ1v) is 13.7. The molecule has 3 aromatic heterocycles. The van der Waals surface area contributed by atoms with Crippen molar-refractivity contribution in [3.8, 4) is 11.1 Å². The van der Waals surface area contributed by atoms with E-state index in [1.54, 1.807) is 28.9 Å². The summed E-state index contributed by atoms with van der Waals surface area (Å²) in [6.45, 7) is 5.80. The minimum atomic E-state index is -4.23. The van der Waals surface area contributed by atoms with Crippen LogP contribution in [0.3, 0.4) is 0 Å². The first-order chi connectivity index (χ1) is 18.7. The van der Waals surface area contributed by atoms with E-state index in [2.05, 4.69) is 20.0 Å². The highest BCUT2D eigenvalue weighted by Gasteiger charge is 2.25. The standard InChI is InChI=1S/C27H27FN6O4S/c1-4-37-15-19-14-18(26(29)22-13-16(2)31-24-11-12-30-34(22)24)9-10-20(19)21-7-5-6-8-23(21)39(35,36)33-27-25(28)17(3)38-32-27/h5-14,26H,4,15,29H2,1-3H3,(H,32,33). The number of rotatable bonds is 9. The summed E-state index contributed by atoms with van der Waals surface area (Å²) in [5.41, 5.74) is 11.5. The molecular weight excluding hydrogens is 523 g/mol. The molecule has 202 valence electrons. The predicted octanol–water partition coefficient (Wildman–Crippen LogP) is 4.53. The summed E-state index contributed by atoms with van der Waals surface area (Å²) >= 11 is 0. The summed E-state index contributed by atoms with van der Waals surface area (Å²) in [6, 6.07) is 15.2. The van der Waals surface area contributed by atoms with Gasteiger partial charge in [0.2, 0.25) is 11.6 Å². The van der Waals surface area contributed by atoms with Crippen molar-refractivity contribution in [1.29, 1.82) is 0 Å². The Morgan fingerprint density at radius 2 is 1.92 bits per heavy atom. The average molecular weight is 551 g/mol. The molecule has 10 nitrogen and oxygen atoms in total. The highest BCUT2D eigenvalue weighted by Crippen LogP contribution is 2.34. The van der Waals surface area contributed by atoms with Gasteiger partial charge in [0.25, 0.3) is 10.0 Å². The summed E-state index contributed by atoms with van der Waals surface area (Å²) < 4.78 is 55.4. The van der Waals surface area contributed by atoms with Crippen molar-refractivity contribution < 1.29 is 22.1 Å². The molecule has 1 unspecified atom stereocenters. The van der Waals surface area contributed by atoms with Crippen LogP contribution in [0.1, 0.15) is 41.2 Å². The zero-order chi connectivity index (χ0) is 27.7. The maximum absolute atomic E-state index is 14.3. The van der Waals surface area contributed by atoms with E-state index >= 15 is 0 Å². The number of nitrogens with one attached hydrogen (secondary N) is 1. The van der Waals surface area contributed by atoms with Crippen LogP contribution in [-0.2, 0) is 21.4 Å². The molecule has 0 bridgehead atoms. The maximum Gasteiger partial charge on any atom is 0.263 e. The quantitative estimate of drug-likeness (QED) is 0.273. The van der Waals surface area contributed by atoms with E-state index in [-0.39, 0.29) is 17.3 Å². The van der Waals surface area contributed by atoms with Crippen molar-refractivity contribution in [3.05, 3.63) is 94.9 Å². The second-order valence-electron chi connectivity index (χ2n) is 8.96. The van der Waals surface area contributed by atoms with Crippen molar-refractivity contribution in [2.45, 2.75) is 38.3 Å². The second kappa shape index (κ2) is 10.6. The number of aryl methyl sites for hydroxylation is 2. The number of halogens is 1. The number of hydrogen-bond acceptors (Lipinski definition) is 8. The highest BCUT2D eigenvalue weighted by atomic mass is 32.2. The molecule has 0 amide bonds. The highest BCUT2D eigenvalue weighted by molar-refractivity contribution is 7.92. The fourth-order valence-electron chi connectivity index (χ4n) is 4.39. The van der Waals surface area contributed by atoms with Gasteiger partial charge in [-0.3, -0.25) is 4.72 Å². The number of fused-ring (bicyclic) bond motifs is 1. The number of sulfonamides is 1. The van der Waals surface area contributed by atoms with Gasteiger partial charge < -0.3 is 15.0 Å². The van der Waals surface area contributed by atoms with Crippen LogP contribution in [0, 0.1) is 19.7 Å². The molecule has 0 saturated heterocycles. The summed E-state index contributed by atoms with van der Waals surface area (Å²) in [6.07, 6.45) is 1.67. The second-order valence-corrected chi connectivity index (χ2v) is 10.6. The van der Waals surface area contributed by atoms with Crippen molar-refractivity contribution in [3.63, 3.8) is 0 Å². The van der Waals surface area contributed by atoms with Crippen LogP contribution >= 0.6 is 0 Å². The van der Waals surface area contributed by atoms with Gasteiger partial charge in [-0.15, -0.1) is 0 Å². The third-order valence-corrected chi connectivity index (χ3v) is 7.67. The Kier molecular flexibility index (Phi) is 7.17. The average Bonchev–Trinajstić information content (AvgIpc) is 3.52. The number of ether oxygens (including phenoxy) is 1. The summed E-state index contributed by atoms with van der Waals surface area (Å²) in [7, 11) is -4.23. The molecule has 5 aromatic rings. The van der Waals surface area contributed by atoms with E-state index in [4.69, 9.17) is 15.0 Å². The molecule has 2 aromatic carbocycles. The zero-order valence-corrected chi connectivity index (χ0v) is 22.4. The largest absolute Gasteiger partial charge is 0.377 e. The lowest BCUT2D eigenvalue weighted by molar-refractivity contribution is 0.134. The Bertz CT molecular complexity index is 1770. The van der Waals surface area contributed by atoms with Crippen molar-refractivity contribution >= 4 is 21.5 Å². The fourth-order valence-corrected chi connectivity index (χ4v) is 5.61. The Labute approximate surface area is 224 Å². The van der Waals surface area contributed by atoms with Crippen LogP contribution in [0.4, 0.5) is 10.2 Å². The number of aromatic nitrogens is 4. The van der Waals surface area contributed by atoms with E-state index in [1.807, 2.05) is 44.2 Å². The fraction of sp³-hybridized carbons (Fsp3) is 0.222. The molecule has 0 aliphatic heterocycles. The van der Waals surface area contributed by atoms with Crippen LogP contribution in [0.15, 0.2) is 70.2 Å². The van der Waals surface area contributed by atoms with Gasteiger partial charge in [0.1, 0.15) is 0 Å². The van der Waals surface area contributed by atoms with E-state index < -0.39 is 27.7 Å². The number of benzene rings is 2. The lowest BCUT2D eigenvalue weighted by Gasteiger charge is -2.19. The number of nitrogens with two attached hydrogens (primary N) is 1. The van der Waals surface area contributed by atoms with Crippen LogP contribution in [0.25, 0.3) is 16.8 Å². The maximum atomic E-state index is 14.3. The van der Waals surface area contributed by atoms with Gasteiger partial charge in [-0.1, -0.05) is 41.6 Å². The molecule has 5 rings (SSSR count). The van der Waals surface area contributed by atoms with Gasteiger partial charge in [0.15, 0.2) is 11.4 Å². The molecule has 0 spiro atoms. The molecule has 3 heterocycles. The minimum absolute atomic E-state index is 0.0529. The molecule has 0 aliphatic rings. The molecule has 0 aliphatic carbocycles. The molecular formula is C27H27FN6O4S. The van der Waals surface area contributed by atoms with Crippen molar-refractivity contribution in [2.24, 2.45) is 5.73 Å². The smallest absolute Gasteiger partial charge is 0.263 e. The SMILES string of the molecule is CCOCc1cc(C(N)c2cc(C)nc3ccnn23)ccc1-c1ccccc1S(=O)(=O)Nc1noc(C)c1F. The summed E-state index contributed by atoms with van der Waals surface area (Å²) in [4.78, 5) is 4.43. The molecule has 39 heavy (non-hydrogen) atoms. The van der Waals surface area contributed by atoms with E-state index in [0.717, 1.165) is 22.5 Å². The van der Waals surface area contributed by atoms with Gasteiger partial charge in [0, 0.05) is 23.9 Å². The van der Waals surface area contributed by atoms with E-state index in [9.17, 15) is 12.8 Å². The molecule has 3 N–H and O–H groups in total. The van der Waals surface area contributed by atoms with Crippen LogP contribution in [-0.4, -0.2) is 34.8 Å². The Morgan fingerprint density at radius 3 is 2.67 bits per heavy atom. The van der Waals surface area contributed by atoms with Gasteiger partial charge in [0.05, 0.1) is 29.4 Å². The molecule has 0 saturated carbocycles. The predicted molar refractivity (Wildman–Crippen MR) is 143 cm³/mol. The first kappa shape index (κ1) is 26.5. The van der Waals surface area contributed by atoms with Crippen LogP contribution in [0.5, 0.6) is 0 Å². The Hall–Kier alpha value is -4.13. The topological polar surface area (TPSA) is 138 Å². The first-order valence-electron chi connectivity index (χ1n) is 12.2. The molecule has 0 radical (unpaired) electrons. The van der Waals surface area contributed by atoms with Crippen molar-refractivity contribution in [2.75, 3.05) is 11.3 Å². The zero-order valence-electron chi connectivity index (χ0n) is 21.6. The van der Waals surface area contributed by atoms with Gasteiger partial charge in [-0.05, 0) is 49.6 Å².